The van der Waals surface area contributed by atoms with Gasteiger partial charge < -0.3 is 25.4 Å². The first-order valence-corrected chi connectivity index (χ1v) is 8.93. The van der Waals surface area contributed by atoms with E-state index in [1.807, 2.05) is 48.5 Å². The molecule has 1 amide bonds. The van der Waals surface area contributed by atoms with Crippen molar-refractivity contribution < 1.29 is 14.3 Å². The smallest absolute Gasteiger partial charge is 0.408 e. The molecule has 0 fully saturated rings. The highest BCUT2D eigenvalue weighted by molar-refractivity contribution is 5.80. The Kier molecular flexibility index (Phi) is 9.26. The van der Waals surface area contributed by atoms with Crippen LogP contribution in [-0.2, 0) is 9.47 Å². The van der Waals surface area contributed by atoms with E-state index in [0.717, 1.165) is 12.8 Å². The molecule has 0 aliphatic heterocycles. The van der Waals surface area contributed by atoms with Crippen LogP contribution >= 0.6 is 0 Å². The van der Waals surface area contributed by atoms with Crippen molar-refractivity contribution in [3.8, 4) is 0 Å². The van der Waals surface area contributed by atoms with Gasteiger partial charge in [0.1, 0.15) is 5.60 Å². The first-order chi connectivity index (χ1) is 11.4. The zero-order valence-corrected chi connectivity index (χ0v) is 17.5. The Morgan fingerprint density at radius 3 is 1.92 bits per heavy atom. The maximum atomic E-state index is 12.2. The van der Waals surface area contributed by atoms with Crippen LogP contribution in [0.25, 0.3) is 0 Å². The number of hydrogen-bond acceptors (Lipinski definition) is 4. The van der Waals surface area contributed by atoms with Gasteiger partial charge in [0.2, 0.25) is 0 Å². The molecule has 0 unspecified atom stereocenters. The first kappa shape index (κ1) is 23.5. The monoisotopic (exact) mass is 358 g/mol. The normalized spacial score (nSPS) is 13.4. The van der Waals surface area contributed by atoms with Gasteiger partial charge in [0.25, 0.3) is 0 Å². The molecule has 0 aliphatic rings. The number of carbonyl (C=O) groups is 1. The highest BCUT2D eigenvalue weighted by Crippen LogP contribution is 2.16. The number of amides is 1. The first-order valence-electron chi connectivity index (χ1n) is 8.93. The SMILES string of the molecule is CCC(CC)(CNC(=NC)NCC(C)(C)OC)NC(=O)OC(C)(C)C. The van der Waals surface area contributed by atoms with Crippen LogP contribution in [0, 0.1) is 0 Å². The van der Waals surface area contributed by atoms with Gasteiger partial charge in [0.15, 0.2) is 5.96 Å². The molecular weight excluding hydrogens is 320 g/mol. The number of nitrogens with one attached hydrogen (secondary N) is 3. The van der Waals surface area contributed by atoms with Gasteiger partial charge in [0.05, 0.1) is 11.1 Å². The quantitative estimate of drug-likeness (QED) is 0.459. The number of methoxy groups -OCH3 is 1. The molecule has 0 bridgehead atoms. The molecule has 7 heteroatoms. The van der Waals surface area contributed by atoms with E-state index in [9.17, 15) is 4.79 Å². The Balaban J connectivity index is 4.81. The van der Waals surface area contributed by atoms with Crippen LogP contribution in [0.5, 0.6) is 0 Å². The fourth-order valence-corrected chi connectivity index (χ4v) is 2.08. The number of hydrogen-bond donors (Lipinski definition) is 3. The van der Waals surface area contributed by atoms with Crippen LogP contribution in [0.3, 0.4) is 0 Å². The highest BCUT2D eigenvalue weighted by Gasteiger charge is 2.30. The van der Waals surface area contributed by atoms with Crippen LogP contribution in [0.15, 0.2) is 4.99 Å². The number of carbonyl (C=O) groups excluding carboxylic acids is 1. The maximum absolute atomic E-state index is 12.2. The third kappa shape index (κ3) is 9.53. The van der Waals surface area contributed by atoms with E-state index in [0.29, 0.717) is 19.0 Å². The van der Waals surface area contributed by atoms with Gasteiger partial charge in [-0.2, -0.15) is 0 Å². The molecule has 0 spiro atoms. The molecule has 3 N–H and O–H groups in total. The summed E-state index contributed by atoms with van der Waals surface area (Å²) in [6, 6.07) is 0. The second-order valence-corrected chi connectivity index (χ2v) is 7.86. The Hall–Kier alpha value is -1.50. The summed E-state index contributed by atoms with van der Waals surface area (Å²) in [5, 5.41) is 9.55. The average molecular weight is 359 g/mol. The van der Waals surface area contributed by atoms with Crippen LogP contribution in [0.1, 0.15) is 61.3 Å². The van der Waals surface area contributed by atoms with Crippen molar-refractivity contribution >= 4 is 12.1 Å². The van der Waals surface area contributed by atoms with Gasteiger partial charge in [-0.05, 0) is 47.5 Å². The minimum Gasteiger partial charge on any atom is -0.444 e. The summed E-state index contributed by atoms with van der Waals surface area (Å²) in [6.45, 7) is 14.8. The lowest BCUT2D eigenvalue weighted by molar-refractivity contribution is 0.0268. The zero-order valence-electron chi connectivity index (χ0n) is 17.5. The lowest BCUT2D eigenvalue weighted by atomic mass is 9.93. The fourth-order valence-electron chi connectivity index (χ4n) is 2.08. The Labute approximate surface area is 153 Å². The topological polar surface area (TPSA) is 84.0 Å². The van der Waals surface area contributed by atoms with Crippen molar-refractivity contribution in [2.24, 2.45) is 4.99 Å². The van der Waals surface area contributed by atoms with E-state index in [1.54, 1.807) is 14.2 Å². The van der Waals surface area contributed by atoms with Crippen LogP contribution in [0.2, 0.25) is 0 Å². The van der Waals surface area contributed by atoms with E-state index in [4.69, 9.17) is 9.47 Å². The molecule has 0 aliphatic carbocycles. The number of guanidine groups is 1. The van der Waals surface area contributed by atoms with E-state index >= 15 is 0 Å². The molecule has 0 aromatic carbocycles. The van der Waals surface area contributed by atoms with E-state index in [2.05, 4.69) is 20.9 Å². The van der Waals surface area contributed by atoms with Gasteiger partial charge in [-0.1, -0.05) is 13.8 Å². The molecule has 7 nitrogen and oxygen atoms in total. The molecule has 0 saturated heterocycles. The molecule has 0 aromatic rings. The Morgan fingerprint density at radius 1 is 1.00 bits per heavy atom. The molecule has 0 radical (unpaired) electrons. The van der Waals surface area contributed by atoms with Crippen LogP contribution < -0.4 is 16.0 Å². The number of aliphatic imine (C=N–C) groups is 1. The summed E-state index contributed by atoms with van der Waals surface area (Å²) >= 11 is 0. The zero-order chi connectivity index (χ0) is 19.7. The van der Waals surface area contributed by atoms with E-state index < -0.39 is 17.2 Å². The van der Waals surface area contributed by atoms with Crippen molar-refractivity contribution in [1.29, 1.82) is 0 Å². The molecular formula is C18H38N4O3. The van der Waals surface area contributed by atoms with Crippen molar-refractivity contribution in [2.75, 3.05) is 27.2 Å². The summed E-state index contributed by atoms with van der Waals surface area (Å²) < 4.78 is 10.8. The Bertz CT molecular complexity index is 438. The van der Waals surface area contributed by atoms with E-state index in [-0.39, 0.29) is 5.60 Å². The molecule has 0 rings (SSSR count). The summed E-state index contributed by atoms with van der Waals surface area (Å²) in [5.74, 6) is 0.669. The summed E-state index contributed by atoms with van der Waals surface area (Å²) in [7, 11) is 3.40. The van der Waals surface area contributed by atoms with Gasteiger partial charge in [-0.3, -0.25) is 4.99 Å². The summed E-state index contributed by atoms with van der Waals surface area (Å²) in [4.78, 5) is 16.4. The van der Waals surface area contributed by atoms with Crippen LogP contribution in [0.4, 0.5) is 4.79 Å². The number of alkyl carbamates (subject to hydrolysis) is 1. The predicted molar refractivity (Wildman–Crippen MR) is 103 cm³/mol. The highest BCUT2D eigenvalue weighted by atomic mass is 16.6. The fraction of sp³-hybridized carbons (Fsp3) is 0.889. The standard InChI is InChI=1S/C18H38N4O3/c1-10-18(11-2,22-15(23)25-16(3,4)5)13-21-14(19-8)20-12-17(6,7)24-9/h10-13H2,1-9H3,(H,22,23)(H2,19,20,21). The minimum atomic E-state index is -0.520. The van der Waals surface area contributed by atoms with E-state index in [1.165, 1.54) is 0 Å². The molecule has 0 saturated carbocycles. The molecule has 0 atom stereocenters. The Morgan fingerprint density at radius 2 is 1.52 bits per heavy atom. The van der Waals surface area contributed by atoms with Crippen molar-refractivity contribution in [3.63, 3.8) is 0 Å². The third-order valence-electron chi connectivity index (χ3n) is 4.17. The molecule has 25 heavy (non-hydrogen) atoms. The number of nitrogens with zero attached hydrogens (tertiary/aromatic N) is 1. The lowest BCUT2D eigenvalue weighted by Gasteiger charge is -2.34. The number of ether oxygens (including phenoxy) is 2. The van der Waals surface area contributed by atoms with Gasteiger partial charge in [0, 0.05) is 27.2 Å². The van der Waals surface area contributed by atoms with Gasteiger partial charge in [-0.15, -0.1) is 0 Å². The van der Waals surface area contributed by atoms with Crippen molar-refractivity contribution in [1.82, 2.24) is 16.0 Å². The largest absolute Gasteiger partial charge is 0.444 e. The number of rotatable bonds is 8. The second kappa shape index (κ2) is 9.85. The van der Waals surface area contributed by atoms with Crippen molar-refractivity contribution in [3.05, 3.63) is 0 Å². The lowest BCUT2D eigenvalue weighted by Crippen LogP contribution is -2.57. The van der Waals surface area contributed by atoms with Gasteiger partial charge in [-0.25, -0.2) is 4.79 Å². The van der Waals surface area contributed by atoms with Gasteiger partial charge >= 0.3 is 6.09 Å². The molecule has 0 heterocycles. The average Bonchev–Trinajstić information content (AvgIpc) is 2.52. The summed E-state index contributed by atoms with van der Waals surface area (Å²) in [6.07, 6.45) is 1.15. The van der Waals surface area contributed by atoms with Crippen molar-refractivity contribution in [2.45, 2.75) is 78.0 Å². The second-order valence-electron chi connectivity index (χ2n) is 7.86. The summed E-state index contributed by atoms with van der Waals surface area (Å²) in [5.41, 5.74) is -1.22. The predicted octanol–water partition coefficient (Wildman–Crippen LogP) is 2.66. The third-order valence-corrected chi connectivity index (χ3v) is 4.17. The minimum absolute atomic E-state index is 0.293. The molecule has 148 valence electrons. The molecule has 0 aromatic heterocycles. The maximum Gasteiger partial charge on any atom is 0.408 e. The van der Waals surface area contributed by atoms with Crippen LogP contribution in [-0.4, -0.2) is 56.0 Å².